The molecule has 0 aliphatic heterocycles. The lowest BCUT2D eigenvalue weighted by molar-refractivity contribution is -0.385. The molecule has 128 valence electrons. The normalized spacial score (nSPS) is 10.6. The first-order valence-electron chi connectivity index (χ1n) is 7.06. The Balaban J connectivity index is 1.76. The predicted molar refractivity (Wildman–Crippen MR) is 91.1 cm³/mol. The van der Waals surface area contributed by atoms with Gasteiger partial charge in [0, 0.05) is 22.6 Å². The van der Waals surface area contributed by atoms with Crippen molar-refractivity contribution in [3.05, 3.63) is 61.5 Å². The highest BCUT2D eigenvalue weighted by molar-refractivity contribution is 7.18. The Morgan fingerprint density at radius 1 is 1.44 bits per heavy atom. The number of hydrogen-bond acceptors (Lipinski definition) is 7. The number of amides is 1. The fourth-order valence-corrected chi connectivity index (χ4v) is 3.18. The second-order valence-corrected chi connectivity index (χ2v) is 6.10. The molecule has 0 fully saturated rings. The van der Waals surface area contributed by atoms with Crippen LogP contribution in [0, 0.1) is 10.1 Å². The summed E-state index contributed by atoms with van der Waals surface area (Å²) in [6.45, 7) is 0.207. The Bertz CT molecular complexity index is 1030. The van der Waals surface area contributed by atoms with Crippen LogP contribution < -0.4 is 15.6 Å². The maximum Gasteiger partial charge on any atom is 0.310 e. The summed E-state index contributed by atoms with van der Waals surface area (Å²) in [6.07, 6.45) is 1.33. The number of nitrogens with one attached hydrogen (secondary N) is 2. The zero-order chi connectivity index (χ0) is 18.0. The molecule has 0 atom stereocenters. The molecule has 1 amide bonds. The van der Waals surface area contributed by atoms with Gasteiger partial charge in [-0.05, 0) is 12.1 Å². The van der Waals surface area contributed by atoms with Crippen molar-refractivity contribution >= 4 is 33.1 Å². The van der Waals surface area contributed by atoms with E-state index in [0.717, 1.165) is 4.88 Å². The van der Waals surface area contributed by atoms with Crippen LogP contribution >= 0.6 is 11.3 Å². The molecule has 0 aliphatic carbocycles. The summed E-state index contributed by atoms with van der Waals surface area (Å²) in [5, 5.41) is 14.0. The van der Waals surface area contributed by atoms with E-state index in [0.29, 0.717) is 10.2 Å². The average molecular weight is 360 g/mol. The molecule has 0 saturated heterocycles. The smallest absolute Gasteiger partial charge is 0.310 e. The second-order valence-electron chi connectivity index (χ2n) is 4.99. The molecule has 3 rings (SSSR count). The monoisotopic (exact) mass is 360 g/mol. The van der Waals surface area contributed by atoms with Crippen LogP contribution in [0.4, 0.5) is 5.69 Å². The highest BCUT2D eigenvalue weighted by atomic mass is 32.1. The molecule has 0 radical (unpaired) electrons. The Morgan fingerprint density at radius 3 is 2.92 bits per heavy atom. The number of carbonyl (C=O) groups is 1. The number of nitrogens with zero attached hydrogens (tertiary/aromatic N) is 2. The number of aromatic nitrogens is 2. The van der Waals surface area contributed by atoms with Crippen molar-refractivity contribution in [1.82, 2.24) is 15.3 Å². The molecular weight excluding hydrogens is 348 g/mol. The van der Waals surface area contributed by atoms with Crippen molar-refractivity contribution in [1.29, 1.82) is 0 Å². The third-order valence-electron chi connectivity index (χ3n) is 3.45. The van der Waals surface area contributed by atoms with Crippen LogP contribution in [0.3, 0.4) is 0 Å². The van der Waals surface area contributed by atoms with Crippen molar-refractivity contribution in [2.24, 2.45) is 0 Å². The van der Waals surface area contributed by atoms with Crippen LogP contribution in [-0.2, 0) is 6.54 Å². The summed E-state index contributed by atoms with van der Waals surface area (Å²) in [5.74, 6) is -0.400. The maximum atomic E-state index is 12.2. The fraction of sp³-hybridized carbons (Fsp3) is 0.133. The second kappa shape index (κ2) is 6.69. The summed E-state index contributed by atoms with van der Waals surface area (Å²) in [6, 6.07) is 5.55. The topological polar surface area (TPSA) is 127 Å². The van der Waals surface area contributed by atoms with Crippen molar-refractivity contribution < 1.29 is 14.5 Å². The van der Waals surface area contributed by atoms with Crippen LogP contribution in [0.1, 0.15) is 15.2 Å². The summed E-state index contributed by atoms with van der Waals surface area (Å²) < 4.78 is 4.95. The minimum absolute atomic E-state index is 0.00949. The van der Waals surface area contributed by atoms with Gasteiger partial charge in [0.2, 0.25) is 0 Å². The molecule has 1 aromatic carbocycles. The van der Waals surface area contributed by atoms with E-state index in [4.69, 9.17) is 4.74 Å². The summed E-state index contributed by atoms with van der Waals surface area (Å²) in [5.41, 5.74) is -0.215. The quantitative estimate of drug-likeness (QED) is 0.528. The number of nitro benzene ring substituents is 1. The number of fused-ring (bicyclic) bond motifs is 1. The first-order chi connectivity index (χ1) is 12.0. The molecule has 2 N–H and O–H groups in total. The highest BCUT2D eigenvalue weighted by Gasteiger charge is 2.17. The molecule has 25 heavy (non-hydrogen) atoms. The number of H-pyrrole nitrogens is 1. The van der Waals surface area contributed by atoms with Crippen LogP contribution in [0.2, 0.25) is 0 Å². The van der Waals surface area contributed by atoms with E-state index in [1.165, 1.54) is 43.0 Å². The highest BCUT2D eigenvalue weighted by Crippen LogP contribution is 2.27. The Kier molecular flexibility index (Phi) is 4.44. The summed E-state index contributed by atoms with van der Waals surface area (Å²) >= 11 is 1.30. The van der Waals surface area contributed by atoms with Crippen molar-refractivity contribution in [3.8, 4) is 5.75 Å². The van der Waals surface area contributed by atoms with E-state index in [-0.39, 0.29) is 29.1 Å². The first kappa shape index (κ1) is 16.6. The van der Waals surface area contributed by atoms with Crippen LogP contribution in [0.5, 0.6) is 5.75 Å². The predicted octanol–water partition coefficient (Wildman–Crippen LogP) is 1.83. The van der Waals surface area contributed by atoms with Gasteiger partial charge < -0.3 is 15.0 Å². The number of benzene rings is 1. The van der Waals surface area contributed by atoms with Gasteiger partial charge in [-0.2, -0.15) is 0 Å². The molecule has 0 bridgehead atoms. The van der Waals surface area contributed by atoms with Gasteiger partial charge >= 0.3 is 5.69 Å². The van der Waals surface area contributed by atoms with Gasteiger partial charge in [0.15, 0.2) is 5.75 Å². The lowest BCUT2D eigenvalue weighted by Crippen LogP contribution is -2.22. The molecule has 2 heterocycles. The van der Waals surface area contributed by atoms with Gasteiger partial charge in [-0.15, -0.1) is 11.3 Å². The number of methoxy groups -OCH3 is 1. The van der Waals surface area contributed by atoms with E-state index < -0.39 is 10.8 Å². The van der Waals surface area contributed by atoms with E-state index >= 15 is 0 Å². The van der Waals surface area contributed by atoms with Crippen molar-refractivity contribution in [2.45, 2.75) is 6.54 Å². The molecule has 0 aliphatic rings. The van der Waals surface area contributed by atoms with E-state index in [1.807, 2.05) is 0 Å². The van der Waals surface area contributed by atoms with Crippen molar-refractivity contribution in [3.63, 3.8) is 0 Å². The van der Waals surface area contributed by atoms with Gasteiger partial charge in [0.1, 0.15) is 4.83 Å². The number of nitro groups is 1. The van der Waals surface area contributed by atoms with Crippen LogP contribution in [0.25, 0.3) is 10.2 Å². The minimum atomic E-state index is -0.581. The summed E-state index contributed by atoms with van der Waals surface area (Å²) in [4.78, 5) is 42.1. The molecule has 9 nitrogen and oxygen atoms in total. The zero-order valence-electron chi connectivity index (χ0n) is 12.9. The number of rotatable bonds is 5. The van der Waals surface area contributed by atoms with E-state index in [1.54, 1.807) is 6.07 Å². The lowest BCUT2D eigenvalue weighted by atomic mass is 10.1. The Labute approximate surface area is 144 Å². The molecule has 0 unspecified atom stereocenters. The molecular formula is C15H12N4O5S. The standard InChI is InChI=1S/C15H12N4O5S/c1-24-12-4-8(2-3-11(12)19(22)23)13(20)16-6-9-5-10-14(21)17-7-18-15(10)25-9/h2-5,7H,6H2,1H3,(H,16,20)(H,17,18,21). The van der Waals surface area contributed by atoms with Gasteiger partial charge in [0.05, 0.1) is 30.3 Å². The third-order valence-corrected chi connectivity index (χ3v) is 4.49. The summed E-state index contributed by atoms with van der Waals surface area (Å²) in [7, 11) is 1.30. The van der Waals surface area contributed by atoms with Gasteiger partial charge in [0.25, 0.3) is 11.5 Å². The third kappa shape index (κ3) is 3.33. The Morgan fingerprint density at radius 2 is 2.24 bits per heavy atom. The van der Waals surface area contributed by atoms with Crippen LogP contribution in [0.15, 0.2) is 35.4 Å². The van der Waals surface area contributed by atoms with Gasteiger partial charge in [-0.3, -0.25) is 19.7 Å². The Hall–Kier alpha value is -3.27. The fourth-order valence-electron chi connectivity index (χ4n) is 2.24. The zero-order valence-corrected chi connectivity index (χ0v) is 13.8. The van der Waals surface area contributed by atoms with Gasteiger partial charge in [-0.25, -0.2) is 4.98 Å². The lowest BCUT2D eigenvalue weighted by Gasteiger charge is -2.06. The molecule has 0 saturated carbocycles. The average Bonchev–Trinajstić information content (AvgIpc) is 3.03. The largest absolute Gasteiger partial charge is 0.490 e. The number of carbonyl (C=O) groups excluding carboxylic acids is 1. The maximum absolute atomic E-state index is 12.2. The molecule has 0 spiro atoms. The SMILES string of the molecule is COc1cc(C(=O)NCc2cc3c(=O)[nH]cnc3s2)ccc1[N+](=O)[O-]. The molecule has 10 heteroatoms. The molecule has 2 aromatic heterocycles. The number of aromatic amines is 1. The van der Waals surface area contributed by atoms with E-state index in [9.17, 15) is 19.7 Å². The molecule has 3 aromatic rings. The van der Waals surface area contributed by atoms with Crippen molar-refractivity contribution in [2.75, 3.05) is 7.11 Å². The number of thiophene rings is 1. The van der Waals surface area contributed by atoms with Crippen LogP contribution in [-0.4, -0.2) is 27.9 Å². The first-order valence-corrected chi connectivity index (χ1v) is 7.88. The number of hydrogen-bond donors (Lipinski definition) is 2. The minimum Gasteiger partial charge on any atom is -0.490 e. The van der Waals surface area contributed by atoms with E-state index in [2.05, 4.69) is 15.3 Å². The number of ether oxygens (including phenoxy) is 1. The van der Waals surface area contributed by atoms with Gasteiger partial charge in [-0.1, -0.05) is 0 Å².